The lowest BCUT2D eigenvalue weighted by Crippen LogP contribution is -2.44. The molecule has 1 aliphatic rings. The zero-order valence-corrected chi connectivity index (χ0v) is 15.6. The second kappa shape index (κ2) is 7.77. The molecule has 1 aliphatic heterocycles. The Kier molecular flexibility index (Phi) is 5.97. The molecule has 1 aromatic rings. The van der Waals surface area contributed by atoms with Gasteiger partial charge in [0.25, 0.3) is 0 Å². The van der Waals surface area contributed by atoms with Crippen LogP contribution >= 0.6 is 12.2 Å². The van der Waals surface area contributed by atoms with Crippen molar-refractivity contribution in [2.24, 2.45) is 4.99 Å². The van der Waals surface area contributed by atoms with Crippen molar-refractivity contribution < 1.29 is 9.53 Å². The van der Waals surface area contributed by atoms with Crippen molar-refractivity contribution >= 4 is 34.8 Å². The zero-order valence-electron chi connectivity index (χ0n) is 14.8. The van der Waals surface area contributed by atoms with Gasteiger partial charge in [-0.15, -0.1) is 0 Å². The number of rotatable bonds is 4. The first-order chi connectivity index (χ1) is 11.3. The number of carbonyl (C=O) groups excluding carboxylic acids is 1. The van der Waals surface area contributed by atoms with Crippen LogP contribution < -0.4 is 4.90 Å². The van der Waals surface area contributed by atoms with Crippen LogP contribution in [-0.2, 0) is 4.74 Å². The van der Waals surface area contributed by atoms with Crippen LogP contribution in [0.4, 0.5) is 16.2 Å². The van der Waals surface area contributed by atoms with E-state index in [1.807, 2.05) is 56.9 Å². The largest absolute Gasteiger partial charge is 0.444 e. The van der Waals surface area contributed by atoms with Gasteiger partial charge in [-0.3, -0.25) is 0 Å². The van der Waals surface area contributed by atoms with E-state index in [0.29, 0.717) is 6.54 Å². The monoisotopic (exact) mass is 347 g/mol. The van der Waals surface area contributed by atoms with Gasteiger partial charge >= 0.3 is 6.09 Å². The molecular formula is C18H25N3O2S. The maximum Gasteiger partial charge on any atom is 0.410 e. The Bertz CT molecular complexity index is 618. The van der Waals surface area contributed by atoms with Crippen molar-refractivity contribution in [3.63, 3.8) is 0 Å². The molecule has 2 rings (SSSR count). The topological polar surface area (TPSA) is 45.1 Å². The van der Waals surface area contributed by atoms with E-state index < -0.39 is 5.60 Å². The van der Waals surface area contributed by atoms with Gasteiger partial charge in [-0.1, -0.05) is 0 Å². The third kappa shape index (κ3) is 4.79. The van der Waals surface area contributed by atoms with Crippen LogP contribution in [0.2, 0.25) is 0 Å². The molecule has 0 spiro atoms. The van der Waals surface area contributed by atoms with Gasteiger partial charge in [-0.05, 0) is 70.6 Å². The molecule has 1 aromatic carbocycles. The van der Waals surface area contributed by atoms with E-state index in [9.17, 15) is 4.79 Å². The van der Waals surface area contributed by atoms with Crippen LogP contribution in [0.25, 0.3) is 0 Å². The van der Waals surface area contributed by atoms with Crippen LogP contribution in [0.3, 0.4) is 0 Å². The molecule has 0 saturated carbocycles. The number of hydrogen-bond acceptors (Lipinski definition) is 5. The average Bonchev–Trinajstić information content (AvgIpc) is 2.97. The van der Waals surface area contributed by atoms with Crippen LogP contribution in [0, 0.1) is 0 Å². The SMILES string of the molecule is CCN(C(=O)OC(C)(C)C)C1CCN(c2ccc(N=C=S)cc2)C1. The third-order valence-corrected chi connectivity index (χ3v) is 4.05. The van der Waals surface area contributed by atoms with Crippen LogP contribution in [0.1, 0.15) is 34.1 Å². The maximum absolute atomic E-state index is 12.4. The third-order valence-electron chi connectivity index (χ3n) is 3.96. The van der Waals surface area contributed by atoms with E-state index in [4.69, 9.17) is 4.74 Å². The Morgan fingerprint density at radius 1 is 1.42 bits per heavy atom. The van der Waals surface area contributed by atoms with Crippen molar-refractivity contribution in [1.82, 2.24) is 4.90 Å². The molecule has 24 heavy (non-hydrogen) atoms. The molecule has 0 aliphatic carbocycles. The quantitative estimate of drug-likeness (QED) is 0.603. The van der Waals surface area contributed by atoms with E-state index in [-0.39, 0.29) is 12.1 Å². The predicted octanol–water partition coefficient (Wildman–Crippen LogP) is 4.26. The second-order valence-electron chi connectivity index (χ2n) is 6.87. The first-order valence-corrected chi connectivity index (χ1v) is 8.67. The number of ether oxygens (including phenoxy) is 1. The minimum Gasteiger partial charge on any atom is -0.444 e. The summed E-state index contributed by atoms with van der Waals surface area (Å²) in [6.07, 6.45) is 0.704. The number of carbonyl (C=O) groups is 1. The lowest BCUT2D eigenvalue weighted by atomic mass is 10.2. The summed E-state index contributed by atoms with van der Waals surface area (Å²) in [5.41, 5.74) is 1.45. The van der Waals surface area contributed by atoms with Gasteiger partial charge < -0.3 is 14.5 Å². The van der Waals surface area contributed by atoms with Crippen molar-refractivity contribution in [1.29, 1.82) is 0 Å². The first-order valence-electron chi connectivity index (χ1n) is 8.26. The highest BCUT2D eigenvalue weighted by Crippen LogP contribution is 2.26. The minimum atomic E-state index is -0.471. The summed E-state index contributed by atoms with van der Waals surface area (Å²) in [5, 5.41) is 2.37. The molecule has 1 unspecified atom stereocenters. The normalized spacial score (nSPS) is 17.3. The first kappa shape index (κ1) is 18.4. The van der Waals surface area contributed by atoms with Gasteiger partial charge in [0.1, 0.15) is 5.60 Å². The Morgan fingerprint density at radius 3 is 2.62 bits per heavy atom. The summed E-state index contributed by atoms with van der Waals surface area (Å²) in [5.74, 6) is 0. The Labute approximate surface area is 149 Å². The number of hydrogen-bond donors (Lipinski definition) is 0. The van der Waals surface area contributed by atoms with E-state index in [2.05, 4.69) is 27.3 Å². The van der Waals surface area contributed by atoms with E-state index >= 15 is 0 Å². The maximum atomic E-state index is 12.4. The Hall–Kier alpha value is -1.91. The van der Waals surface area contributed by atoms with Crippen molar-refractivity contribution in [3.05, 3.63) is 24.3 Å². The zero-order chi connectivity index (χ0) is 17.7. The summed E-state index contributed by atoms with van der Waals surface area (Å²) in [7, 11) is 0. The average molecular weight is 347 g/mol. The molecule has 1 atom stereocenters. The summed E-state index contributed by atoms with van der Waals surface area (Å²) in [4.78, 5) is 20.5. The molecule has 1 amide bonds. The highest BCUT2D eigenvalue weighted by molar-refractivity contribution is 7.78. The van der Waals surface area contributed by atoms with Crippen LogP contribution in [0.15, 0.2) is 29.3 Å². The molecule has 0 radical (unpaired) electrons. The lowest BCUT2D eigenvalue weighted by molar-refractivity contribution is 0.0191. The van der Waals surface area contributed by atoms with Gasteiger partial charge in [0.2, 0.25) is 0 Å². The van der Waals surface area contributed by atoms with E-state index in [1.165, 1.54) is 0 Å². The minimum absolute atomic E-state index is 0.170. The molecule has 1 heterocycles. The molecular weight excluding hydrogens is 322 g/mol. The highest BCUT2D eigenvalue weighted by atomic mass is 32.1. The predicted molar refractivity (Wildman–Crippen MR) is 100 cm³/mol. The Morgan fingerprint density at radius 2 is 2.08 bits per heavy atom. The van der Waals surface area contributed by atoms with Crippen molar-refractivity contribution in [2.45, 2.75) is 45.8 Å². The van der Waals surface area contributed by atoms with Gasteiger partial charge in [0.15, 0.2) is 0 Å². The lowest BCUT2D eigenvalue weighted by Gasteiger charge is -2.31. The number of likely N-dealkylation sites (N-methyl/N-ethyl adjacent to an activating group) is 1. The molecule has 0 aromatic heterocycles. The van der Waals surface area contributed by atoms with Gasteiger partial charge in [-0.2, -0.15) is 4.99 Å². The highest BCUT2D eigenvalue weighted by Gasteiger charge is 2.32. The number of nitrogens with zero attached hydrogens (tertiary/aromatic N) is 3. The standard InChI is InChI=1S/C18H25N3O2S/c1-5-21(17(22)23-18(2,3)4)16-10-11-20(12-16)15-8-6-14(7-9-15)19-13-24/h6-9,16H,5,10-12H2,1-4H3. The summed E-state index contributed by atoms with van der Waals surface area (Å²) >= 11 is 4.62. The number of anilines is 1. The van der Waals surface area contributed by atoms with E-state index in [1.54, 1.807) is 0 Å². The number of aliphatic imine (C=N–C) groups is 1. The molecule has 1 fully saturated rings. The Balaban J connectivity index is 2.02. The number of isothiocyanates is 1. The smallest absolute Gasteiger partial charge is 0.410 e. The van der Waals surface area contributed by atoms with Gasteiger partial charge in [0, 0.05) is 25.3 Å². The fourth-order valence-corrected chi connectivity index (χ4v) is 2.98. The molecule has 6 heteroatoms. The van der Waals surface area contributed by atoms with Crippen LogP contribution in [-0.4, -0.2) is 47.4 Å². The van der Waals surface area contributed by atoms with E-state index in [0.717, 1.165) is 30.9 Å². The molecule has 0 bridgehead atoms. The number of thiocarbonyl (C=S) groups is 1. The van der Waals surface area contributed by atoms with Crippen molar-refractivity contribution in [2.75, 3.05) is 24.5 Å². The fourth-order valence-electron chi connectivity index (χ4n) is 2.88. The molecule has 5 nitrogen and oxygen atoms in total. The fraction of sp³-hybridized carbons (Fsp3) is 0.556. The molecule has 1 saturated heterocycles. The molecule has 0 N–H and O–H groups in total. The number of amides is 1. The summed E-state index contributed by atoms with van der Waals surface area (Å²) in [6, 6.07) is 8.07. The van der Waals surface area contributed by atoms with Gasteiger partial charge in [-0.25, -0.2) is 4.79 Å². The van der Waals surface area contributed by atoms with Crippen LogP contribution in [0.5, 0.6) is 0 Å². The second-order valence-corrected chi connectivity index (χ2v) is 7.06. The van der Waals surface area contributed by atoms with Gasteiger partial charge in [0.05, 0.1) is 16.9 Å². The number of benzene rings is 1. The molecule has 130 valence electrons. The summed E-state index contributed by atoms with van der Waals surface area (Å²) < 4.78 is 5.53. The van der Waals surface area contributed by atoms with Crippen molar-refractivity contribution in [3.8, 4) is 0 Å². The summed E-state index contributed by atoms with van der Waals surface area (Å²) in [6.45, 7) is 10.0.